The molecule has 3 aliphatic rings. The van der Waals surface area contributed by atoms with Crippen molar-refractivity contribution in [2.45, 2.75) is 25.8 Å². The highest BCUT2D eigenvalue weighted by Crippen LogP contribution is 2.49. The van der Waals surface area contributed by atoms with Crippen molar-refractivity contribution in [3.8, 4) is 11.6 Å². The molecule has 0 amide bonds. The van der Waals surface area contributed by atoms with Gasteiger partial charge in [0.05, 0.1) is 13.2 Å². The van der Waals surface area contributed by atoms with Crippen LogP contribution in [-0.4, -0.2) is 36.2 Å². The summed E-state index contributed by atoms with van der Waals surface area (Å²) >= 11 is 0. The Balaban J connectivity index is 1.38. The van der Waals surface area contributed by atoms with E-state index < -0.39 is 0 Å². The number of ether oxygens (including phenoxy) is 2. The van der Waals surface area contributed by atoms with Crippen molar-refractivity contribution in [1.82, 2.24) is 9.88 Å². The molecule has 142 valence electrons. The zero-order chi connectivity index (χ0) is 18.4. The smallest absolute Gasteiger partial charge is 0.213 e. The molecule has 0 unspecified atom stereocenters. The van der Waals surface area contributed by atoms with E-state index >= 15 is 0 Å². The molecule has 0 N–H and O–H groups in total. The van der Waals surface area contributed by atoms with Crippen LogP contribution in [0.25, 0.3) is 0 Å². The van der Waals surface area contributed by atoms with Gasteiger partial charge in [-0.2, -0.15) is 0 Å². The van der Waals surface area contributed by atoms with Gasteiger partial charge in [-0.05, 0) is 49.9 Å². The highest BCUT2D eigenvalue weighted by molar-refractivity contribution is 5.39. The van der Waals surface area contributed by atoms with Gasteiger partial charge < -0.3 is 9.47 Å². The van der Waals surface area contributed by atoms with Crippen LogP contribution in [0.2, 0.25) is 0 Å². The van der Waals surface area contributed by atoms with E-state index in [1.54, 1.807) is 12.1 Å². The van der Waals surface area contributed by atoms with Gasteiger partial charge in [0, 0.05) is 48.3 Å². The molecule has 1 saturated heterocycles. The van der Waals surface area contributed by atoms with E-state index in [-0.39, 0.29) is 11.9 Å². The number of aromatic nitrogens is 1. The van der Waals surface area contributed by atoms with Gasteiger partial charge in [0.2, 0.25) is 5.88 Å². The number of likely N-dealkylation sites (tertiary alicyclic amines) is 1. The van der Waals surface area contributed by atoms with E-state index in [4.69, 9.17) is 9.47 Å². The fourth-order valence-corrected chi connectivity index (χ4v) is 4.59. The highest BCUT2D eigenvalue weighted by atomic mass is 19.1. The van der Waals surface area contributed by atoms with Crippen LogP contribution in [0.3, 0.4) is 0 Å². The lowest BCUT2D eigenvalue weighted by atomic mass is 9.85. The minimum absolute atomic E-state index is 0.187. The molecule has 0 bridgehead atoms. The summed E-state index contributed by atoms with van der Waals surface area (Å²) in [5, 5.41) is 0. The second-order valence-electron chi connectivity index (χ2n) is 8.19. The second-order valence-corrected chi connectivity index (χ2v) is 8.19. The summed E-state index contributed by atoms with van der Waals surface area (Å²) in [6.45, 7) is 5.32. The van der Waals surface area contributed by atoms with E-state index in [0.29, 0.717) is 30.9 Å². The fourth-order valence-electron chi connectivity index (χ4n) is 4.59. The van der Waals surface area contributed by atoms with Crippen LogP contribution in [-0.2, 0) is 0 Å². The van der Waals surface area contributed by atoms with Gasteiger partial charge in [0.1, 0.15) is 11.6 Å². The summed E-state index contributed by atoms with van der Waals surface area (Å²) in [5.41, 5.74) is 1.96. The van der Waals surface area contributed by atoms with Crippen molar-refractivity contribution >= 4 is 0 Å². The Bertz CT molecular complexity index is 839. The number of rotatable bonds is 5. The molecular formula is C22H25FN2O2. The number of hydrogen-bond acceptors (Lipinski definition) is 4. The summed E-state index contributed by atoms with van der Waals surface area (Å²) in [6.07, 6.45) is 2.63. The number of nitrogens with zero attached hydrogens (tertiary/aromatic N) is 2. The molecule has 1 aliphatic carbocycles. The first-order valence-corrected chi connectivity index (χ1v) is 9.90. The zero-order valence-corrected chi connectivity index (χ0v) is 15.6. The number of fused-ring (bicyclic) bond motifs is 3. The Morgan fingerprint density at radius 1 is 1.26 bits per heavy atom. The van der Waals surface area contributed by atoms with Crippen LogP contribution in [0.5, 0.6) is 11.6 Å². The summed E-state index contributed by atoms with van der Waals surface area (Å²) in [7, 11) is 0. The van der Waals surface area contributed by atoms with Crippen molar-refractivity contribution in [1.29, 1.82) is 0 Å². The van der Waals surface area contributed by atoms with Gasteiger partial charge in [0.15, 0.2) is 0 Å². The number of halogens is 1. The third-order valence-corrected chi connectivity index (χ3v) is 6.09. The molecule has 2 fully saturated rings. The third-order valence-electron chi connectivity index (χ3n) is 6.09. The fraction of sp³-hybridized carbons (Fsp3) is 0.500. The first kappa shape index (κ1) is 17.0. The number of hydrogen-bond donors (Lipinski definition) is 0. The van der Waals surface area contributed by atoms with Gasteiger partial charge in [-0.25, -0.2) is 9.37 Å². The number of benzene rings is 1. The summed E-state index contributed by atoms with van der Waals surface area (Å²) in [6, 6.07) is 11.0. The van der Waals surface area contributed by atoms with Crippen molar-refractivity contribution in [2.75, 3.05) is 26.3 Å². The lowest BCUT2D eigenvalue weighted by Gasteiger charge is -2.34. The molecule has 5 rings (SSSR count). The molecule has 0 radical (unpaired) electrons. The standard InChI is InChI=1S/C22H25FN2O2/c1-14-3-2-4-21(24-14)27-12-16-11-25(10-15-5-6-15)22-18-9-17(23)7-8-20(18)26-13-19(16)22/h2-4,7-9,15-16,19,22H,5-6,10-13H2,1H3/t16-,19-,22-/m0/s1. The summed E-state index contributed by atoms with van der Waals surface area (Å²) < 4.78 is 26.0. The maximum Gasteiger partial charge on any atom is 0.213 e. The molecule has 4 nitrogen and oxygen atoms in total. The third kappa shape index (κ3) is 3.41. The molecule has 2 aliphatic heterocycles. The Labute approximate surface area is 159 Å². The Morgan fingerprint density at radius 3 is 2.96 bits per heavy atom. The molecule has 1 saturated carbocycles. The quantitative estimate of drug-likeness (QED) is 0.799. The number of pyridine rings is 1. The van der Waals surface area contributed by atoms with Crippen LogP contribution in [0.15, 0.2) is 36.4 Å². The Kier molecular flexibility index (Phi) is 4.27. The SMILES string of the molecule is Cc1cccc(OC[C@@H]2CN(CC3CC3)[C@H]3c4cc(F)ccc4OC[C@@H]23)n1. The van der Waals surface area contributed by atoms with E-state index in [1.807, 2.05) is 25.1 Å². The van der Waals surface area contributed by atoms with E-state index in [2.05, 4.69) is 9.88 Å². The Morgan fingerprint density at radius 2 is 2.15 bits per heavy atom. The van der Waals surface area contributed by atoms with Crippen molar-refractivity contribution in [3.63, 3.8) is 0 Å². The average Bonchev–Trinajstić information content (AvgIpc) is 3.40. The summed E-state index contributed by atoms with van der Waals surface area (Å²) in [4.78, 5) is 6.99. The van der Waals surface area contributed by atoms with Crippen LogP contribution >= 0.6 is 0 Å². The predicted molar refractivity (Wildman–Crippen MR) is 100 cm³/mol. The molecule has 1 aromatic heterocycles. The first-order valence-electron chi connectivity index (χ1n) is 9.90. The maximum absolute atomic E-state index is 14.0. The van der Waals surface area contributed by atoms with Gasteiger partial charge in [-0.3, -0.25) is 4.90 Å². The lowest BCUT2D eigenvalue weighted by molar-refractivity contribution is 0.121. The topological polar surface area (TPSA) is 34.6 Å². The van der Waals surface area contributed by atoms with Gasteiger partial charge >= 0.3 is 0 Å². The molecule has 3 heterocycles. The molecule has 27 heavy (non-hydrogen) atoms. The summed E-state index contributed by atoms with van der Waals surface area (Å²) in [5.74, 6) is 2.79. The maximum atomic E-state index is 14.0. The van der Waals surface area contributed by atoms with E-state index in [9.17, 15) is 4.39 Å². The van der Waals surface area contributed by atoms with Crippen LogP contribution in [0.1, 0.15) is 30.1 Å². The molecular weight excluding hydrogens is 343 g/mol. The molecule has 5 heteroatoms. The van der Waals surface area contributed by atoms with Crippen LogP contribution < -0.4 is 9.47 Å². The monoisotopic (exact) mass is 368 g/mol. The van der Waals surface area contributed by atoms with Gasteiger partial charge in [-0.1, -0.05) is 6.07 Å². The van der Waals surface area contributed by atoms with Crippen molar-refractivity contribution < 1.29 is 13.9 Å². The van der Waals surface area contributed by atoms with Crippen molar-refractivity contribution in [2.24, 2.45) is 17.8 Å². The van der Waals surface area contributed by atoms with Gasteiger partial charge in [0.25, 0.3) is 0 Å². The molecule has 0 spiro atoms. The average molecular weight is 368 g/mol. The highest BCUT2D eigenvalue weighted by Gasteiger charge is 2.47. The first-order chi connectivity index (χ1) is 13.2. The normalized spacial score (nSPS) is 27.0. The van der Waals surface area contributed by atoms with E-state index in [0.717, 1.165) is 36.0 Å². The molecule has 2 aromatic rings. The van der Waals surface area contributed by atoms with Gasteiger partial charge in [-0.15, -0.1) is 0 Å². The predicted octanol–water partition coefficient (Wildman–Crippen LogP) is 4.00. The number of aryl methyl sites for hydroxylation is 1. The van der Waals surface area contributed by atoms with Crippen molar-refractivity contribution in [3.05, 3.63) is 53.5 Å². The van der Waals surface area contributed by atoms with Crippen LogP contribution in [0, 0.1) is 30.5 Å². The lowest BCUT2D eigenvalue weighted by Crippen LogP contribution is -2.33. The zero-order valence-electron chi connectivity index (χ0n) is 15.6. The minimum atomic E-state index is -0.187. The largest absolute Gasteiger partial charge is 0.493 e. The second kappa shape index (κ2) is 6.79. The molecule has 3 atom stereocenters. The molecule has 1 aromatic carbocycles. The Hall–Kier alpha value is -2.14. The van der Waals surface area contributed by atoms with Crippen LogP contribution in [0.4, 0.5) is 4.39 Å². The minimum Gasteiger partial charge on any atom is -0.493 e. The van der Waals surface area contributed by atoms with E-state index in [1.165, 1.54) is 18.9 Å².